The molecule has 0 aliphatic heterocycles. The molecule has 0 atom stereocenters. The van der Waals surface area contributed by atoms with E-state index in [4.69, 9.17) is 4.98 Å². The fraction of sp³-hybridized carbons (Fsp3) is 0.543. The van der Waals surface area contributed by atoms with E-state index in [0.717, 1.165) is 63.9 Å². The van der Waals surface area contributed by atoms with Gasteiger partial charge in [-0.1, -0.05) is 59.7 Å². The summed E-state index contributed by atoms with van der Waals surface area (Å²) in [6.45, 7) is 18.0. The van der Waals surface area contributed by atoms with Crippen LogP contribution in [-0.2, 0) is 23.9 Å². The Hall–Kier alpha value is -3.26. The number of aryl methyl sites for hydroxylation is 1. The maximum Gasteiger partial charge on any atom is 0.179 e. The number of aromatic nitrogens is 1. The normalized spacial score (nSPS) is 15.8. The van der Waals surface area contributed by atoms with Gasteiger partial charge in [-0.2, -0.15) is 5.26 Å². The number of fused-ring (bicyclic) bond motifs is 1. The van der Waals surface area contributed by atoms with Crippen LogP contribution in [0.15, 0.2) is 36.4 Å². The van der Waals surface area contributed by atoms with Crippen LogP contribution < -0.4 is 4.90 Å². The largest absolute Gasteiger partial charge is 0.507 e. The number of hydrogen-bond acceptors (Lipinski definition) is 5. The smallest absolute Gasteiger partial charge is 0.179 e. The molecule has 1 heterocycles. The second-order valence-corrected chi connectivity index (χ2v) is 14.4. The molecule has 5 nitrogen and oxygen atoms in total. The van der Waals surface area contributed by atoms with Crippen molar-refractivity contribution in [3.05, 3.63) is 64.2 Å². The van der Waals surface area contributed by atoms with Crippen LogP contribution in [-0.4, -0.2) is 28.1 Å². The van der Waals surface area contributed by atoms with E-state index in [0.29, 0.717) is 18.8 Å². The predicted octanol–water partition coefficient (Wildman–Crippen LogP) is 7.95. The Morgan fingerprint density at radius 3 is 1.98 bits per heavy atom. The Balaban J connectivity index is 1.52. The lowest BCUT2D eigenvalue weighted by Crippen LogP contribution is -2.31. The van der Waals surface area contributed by atoms with Gasteiger partial charge in [0.05, 0.1) is 18.6 Å². The van der Waals surface area contributed by atoms with Gasteiger partial charge in [-0.25, -0.2) is 4.98 Å². The standard InChI is InChI=1S/C35H46N4O/c1-23-9-8-10-27-17-28(33(37-31(23)27)39(19-24-11-12-24)20-25-13-14-25)21-38(22-36)18-26-15-29(34(2,3)4)32(40)30(16-26)35(5,6)7/h8-10,15-17,24-25,40H,11-14,18-21H2,1-7H3. The summed E-state index contributed by atoms with van der Waals surface area (Å²) in [6, 6.07) is 12.8. The number of anilines is 1. The van der Waals surface area contributed by atoms with Crippen molar-refractivity contribution in [2.75, 3.05) is 18.0 Å². The molecule has 212 valence electrons. The van der Waals surface area contributed by atoms with Crippen LogP contribution in [0.3, 0.4) is 0 Å². The molecule has 2 saturated carbocycles. The zero-order chi connectivity index (χ0) is 28.8. The number of phenols is 1. The quantitative estimate of drug-likeness (QED) is 0.221. The van der Waals surface area contributed by atoms with E-state index in [-0.39, 0.29) is 10.8 Å². The third-order valence-corrected chi connectivity index (χ3v) is 8.42. The molecule has 2 aliphatic rings. The first-order valence-corrected chi connectivity index (χ1v) is 15.0. The maximum absolute atomic E-state index is 11.2. The first-order chi connectivity index (χ1) is 18.8. The van der Waals surface area contributed by atoms with E-state index < -0.39 is 0 Å². The van der Waals surface area contributed by atoms with Crippen LogP contribution in [0, 0.1) is 30.2 Å². The topological polar surface area (TPSA) is 63.4 Å². The zero-order valence-corrected chi connectivity index (χ0v) is 25.5. The van der Waals surface area contributed by atoms with Crippen molar-refractivity contribution in [3.8, 4) is 11.9 Å². The Kier molecular flexibility index (Phi) is 7.50. The van der Waals surface area contributed by atoms with Crippen LogP contribution >= 0.6 is 0 Å². The fourth-order valence-electron chi connectivity index (χ4n) is 5.72. The van der Waals surface area contributed by atoms with Crippen molar-refractivity contribution >= 4 is 16.7 Å². The van der Waals surface area contributed by atoms with Crippen LogP contribution in [0.4, 0.5) is 5.82 Å². The van der Waals surface area contributed by atoms with E-state index in [1.165, 1.54) is 31.2 Å². The summed E-state index contributed by atoms with van der Waals surface area (Å²) >= 11 is 0. The fourth-order valence-corrected chi connectivity index (χ4v) is 5.72. The summed E-state index contributed by atoms with van der Waals surface area (Å²) in [5, 5.41) is 22.7. The highest BCUT2D eigenvalue weighted by Gasteiger charge is 2.32. The van der Waals surface area contributed by atoms with Crippen LogP contribution in [0.2, 0.25) is 0 Å². The highest BCUT2D eigenvalue weighted by atomic mass is 16.3. The molecule has 1 N–H and O–H groups in total. The molecule has 1 aromatic heterocycles. The highest BCUT2D eigenvalue weighted by Crippen LogP contribution is 2.41. The first kappa shape index (κ1) is 28.3. The van der Waals surface area contributed by atoms with Gasteiger partial charge in [-0.05, 0) is 95.7 Å². The molecule has 0 radical (unpaired) electrons. The van der Waals surface area contributed by atoms with E-state index in [2.05, 4.69) is 96.0 Å². The van der Waals surface area contributed by atoms with Gasteiger partial charge >= 0.3 is 0 Å². The number of phenolic OH excluding ortho intramolecular Hbond substituents is 1. The maximum atomic E-state index is 11.2. The van der Waals surface area contributed by atoms with Gasteiger partial charge in [0.15, 0.2) is 6.19 Å². The lowest BCUT2D eigenvalue weighted by atomic mass is 9.78. The molecule has 0 spiro atoms. The third kappa shape index (κ3) is 6.38. The summed E-state index contributed by atoms with van der Waals surface area (Å²) < 4.78 is 0. The molecule has 2 fully saturated rings. The number of nitriles is 1. The van der Waals surface area contributed by atoms with Gasteiger partial charge in [0.2, 0.25) is 0 Å². The Morgan fingerprint density at radius 2 is 1.48 bits per heavy atom. The third-order valence-electron chi connectivity index (χ3n) is 8.42. The van der Waals surface area contributed by atoms with Gasteiger partial charge in [-0.3, -0.25) is 0 Å². The molecule has 3 aromatic rings. The average Bonchev–Trinajstić information content (AvgIpc) is 3.80. The van der Waals surface area contributed by atoms with Gasteiger partial charge in [0.1, 0.15) is 11.6 Å². The van der Waals surface area contributed by atoms with Gasteiger partial charge in [0.25, 0.3) is 0 Å². The minimum atomic E-state index is -0.211. The van der Waals surface area contributed by atoms with Crippen molar-refractivity contribution in [2.24, 2.45) is 11.8 Å². The predicted molar refractivity (Wildman–Crippen MR) is 165 cm³/mol. The summed E-state index contributed by atoms with van der Waals surface area (Å²) in [5.74, 6) is 2.95. The van der Waals surface area contributed by atoms with E-state index >= 15 is 0 Å². The SMILES string of the molecule is Cc1cccc2cc(CN(C#N)Cc3cc(C(C)(C)C)c(O)c(C(C)(C)C)c3)c(N(CC3CC3)CC3CC3)nc12. The monoisotopic (exact) mass is 538 g/mol. The number of hydrogen-bond donors (Lipinski definition) is 1. The Bertz CT molecular complexity index is 1380. The molecule has 5 heteroatoms. The second kappa shape index (κ2) is 10.6. The lowest BCUT2D eigenvalue weighted by Gasteiger charge is -2.30. The minimum absolute atomic E-state index is 0.211. The molecule has 40 heavy (non-hydrogen) atoms. The molecule has 0 unspecified atom stereocenters. The molecule has 0 bridgehead atoms. The van der Waals surface area contributed by atoms with Crippen LogP contribution in [0.1, 0.15) is 95.0 Å². The molecular formula is C35H46N4O. The average molecular weight is 539 g/mol. The van der Waals surface area contributed by atoms with Crippen molar-refractivity contribution < 1.29 is 5.11 Å². The zero-order valence-electron chi connectivity index (χ0n) is 25.5. The summed E-state index contributed by atoms with van der Waals surface area (Å²) in [4.78, 5) is 9.67. The van der Waals surface area contributed by atoms with Crippen molar-refractivity contribution in [1.29, 1.82) is 5.26 Å². The summed E-state index contributed by atoms with van der Waals surface area (Å²) in [6.07, 6.45) is 7.71. The van der Waals surface area contributed by atoms with Gasteiger partial charge < -0.3 is 14.9 Å². The Morgan fingerprint density at radius 1 is 0.900 bits per heavy atom. The molecule has 5 rings (SSSR count). The molecule has 0 amide bonds. The summed E-state index contributed by atoms with van der Waals surface area (Å²) in [7, 11) is 0. The van der Waals surface area contributed by atoms with Gasteiger partial charge in [0, 0.05) is 24.0 Å². The number of para-hydroxylation sites is 1. The number of nitrogens with zero attached hydrogens (tertiary/aromatic N) is 4. The molecule has 0 saturated heterocycles. The van der Waals surface area contributed by atoms with Crippen LogP contribution in [0.25, 0.3) is 10.9 Å². The molecule has 2 aliphatic carbocycles. The van der Waals surface area contributed by atoms with Gasteiger partial charge in [-0.15, -0.1) is 0 Å². The highest BCUT2D eigenvalue weighted by molar-refractivity contribution is 5.84. The van der Waals surface area contributed by atoms with E-state index in [1.54, 1.807) is 0 Å². The van der Waals surface area contributed by atoms with E-state index in [1.807, 2.05) is 4.90 Å². The van der Waals surface area contributed by atoms with Crippen molar-refractivity contribution in [1.82, 2.24) is 9.88 Å². The summed E-state index contributed by atoms with van der Waals surface area (Å²) in [5.41, 5.74) is 5.85. The van der Waals surface area contributed by atoms with Crippen molar-refractivity contribution in [2.45, 2.75) is 98.1 Å². The number of pyridine rings is 1. The van der Waals surface area contributed by atoms with Crippen LogP contribution in [0.5, 0.6) is 5.75 Å². The molecular weight excluding hydrogens is 492 g/mol. The number of aromatic hydroxyl groups is 1. The molecule has 2 aromatic carbocycles. The minimum Gasteiger partial charge on any atom is -0.507 e. The second-order valence-electron chi connectivity index (χ2n) is 14.4. The number of rotatable bonds is 9. The number of benzene rings is 2. The Labute approximate surface area is 240 Å². The van der Waals surface area contributed by atoms with Crippen molar-refractivity contribution in [3.63, 3.8) is 0 Å². The first-order valence-electron chi connectivity index (χ1n) is 15.0. The lowest BCUT2D eigenvalue weighted by molar-refractivity contribution is 0.375. The van der Waals surface area contributed by atoms with E-state index in [9.17, 15) is 10.4 Å².